The van der Waals surface area contributed by atoms with Crippen molar-refractivity contribution in [1.29, 1.82) is 0 Å². The Morgan fingerprint density at radius 3 is 2.24 bits per heavy atom. The van der Waals surface area contributed by atoms with Gasteiger partial charge in [-0.05, 0) is 30.3 Å². The Labute approximate surface area is 119 Å². The number of nitrogens with one attached hydrogen (secondary N) is 1. The highest BCUT2D eigenvalue weighted by atomic mass is 19.4. The van der Waals surface area contributed by atoms with Gasteiger partial charge in [0.15, 0.2) is 0 Å². The minimum Gasteiger partial charge on any atom is -0.489 e. The van der Waals surface area contributed by atoms with Gasteiger partial charge in [-0.2, -0.15) is 0 Å². The van der Waals surface area contributed by atoms with E-state index in [0.29, 0.717) is 5.75 Å². The average molecular weight is 298 g/mol. The van der Waals surface area contributed by atoms with Crippen LogP contribution in [0.25, 0.3) is 0 Å². The van der Waals surface area contributed by atoms with Gasteiger partial charge in [0.1, 0.15) is 23.9 Å². The van der Waals surface area contributed by atoms with Gasteiger partial charge in [-0.1, -0.05) is 6.07 Å². The van der Waals surface area contributed by atoms with Crippen molar-refractivity contribution < 1.29 is 22.6 Å². The average Bonchev–Trinajstić information content (AvgIpc) is 2.45. The number of benzene rings is 1. The molecule has 0 amide bonds. The smallest absolute Gasteiger partial charge is 0.489 e. The van der Waals surface area contributed by atoms with E-state index in [1.165, 1.54) is 24.3 Å². The van der Waals surface area contributed by atoms with E-state index in [9.17, 15) is 13.2 Å². The van der Waals surface area contributed by atoms with Crippen molar-refractivity contribution in [2.75, 3.05) is 12.4 Å². The lowest BCUT2D eigenvalue weighted by Crippen LogP contribution is -2.16. The summed E-state index contributed by atoms with van der Waals surface area (Å²) in [5.41, 5.74) is 0.851. The lowest BCUT2D eigenvalue weighted by molar-refractivity contribution is -0.274. The summed E-state index contributed by atoms with van der Waals surface area (Å²) >= 11 is 0. The highest BCUT2D eigenvalue weighted by Gasteiger charge is 2.30. The van der Waals surface area contributed by atoms with Gasteiger partial charge < -0.3 is 14.8 Å². The summed E-state index contributed by atoms with van der Waals surface area (Å²) in [5, 5.41) is 2.90. The summed E-state index contributed by atoms with van der Waals surface area (Å²) in [5.74, 6) is 0.907. The molecule has 4 nitrogen and oxygen atoms in total. The number of anilines is 1. The summed E-state index contributed by atoms with van der Waals surface area (Å²) in [4.78, 5) is 4.13. The molecule has 2 aromatic rings. The number of ether oxygens (including phenoxy) is 2. The van der Waals surface area contributed by atoms with Crippen molar-refractivity contribution >= 4 is 5.82 Å². The summed E-state index contributed by atoms with van der Waals surface area (Å²) in [6.07, 6.45) is -3.03. The Morgan fingerprint density at radius 2 is 1.71 bits per heavy atom. The first-order valence-corrected chi connectivity index (χ1v) is 6.07. The van der Waals surface area contributed by atoms with E-state index < -0.39 is 6.36 Å². The zero-order valence-electron chi connectivity index (χ0n) is 11.1. The standard InChI is InChI=1S/C14H13F3N2O2/c1-18-13-7-2-10(8-19-13)9-20-11-3-5-12(6-4-11)21-14(15,16)17/h2-8H,9H2,1H3,(H,18,19). The molecule has 0 bridgehead atoms. The molecule has 1 aromatic heterocycles. The molecule has 0 fully saturated rings. The fourth-order valence-electron chi connectivity index (χ4n) is 1.56. The lowest BCUT2D eigenvalue weighted by atomic mass is 10.3. The molecule has 0 saturated carbocycles. The first-order chi connectivity index (χ1) is 9.96. The van der Waals surface area contributed by atoms with Crippen LogP contribution in [-0.2, 0) is 6.61 Å². The van der Waals surface area contributed by atoms with Crippen LogP contribution in [0.4, 0.5) is 19.0 Å². The fraction of sp³-hybridized carbons (Fsp3) is 0.214. The molecule has 0 unspecified atom stereocenters. The second-order valence-electron chi connectivity index (χ2n) is 4.11. The molecule has 0 aliphatic carbocycles. The van der Waals surface area contributed by atoms with E-state index >= 15 is 0 Å². The van der Waals surface area contributed by atoms with E-state index in [-0.39, 0.29) is 12.4 Å². The molecule has 0 saturated heterocycles. The predicted octanol–water partition coefficient (Wildman–Crippen LogP) is 3.60. The van der Waals surface area contributed by atoms with Crippen LogP contribution in [-0.4, -0.2) is 18.4 Å². The van der Waals surface area contributed by atoms with Crippen LogP contribution in [0.1, 0.15) is 5.56 Å². The van der Waals surface area contributed by atoms with E-state index in [1.807, 2.05) is 6.07 Å². The van der Waals surface area contributed by atoms with E-state index in [4.69, 9.17) is 4.74 Å². The van der Waals surface area contributed by atoms with Crippen LogP contribution in [0.3, 0.4) is 0 Å². The van der Waals surface area contributed by atoms with Crippen LogP contribution >= 0.6 is 0 Å². The number of nitrogens with zero attached hydrogens (tertiary/aromatic N) is 1. The van der Waals surface area contributed by atoms with Gasteiger partial charge in [0.05, 0.1) is 0 Å². The van der Waals surface area contributed by atoms with E-state index in [1.54, 1.807) is 19.3 Å². The van der Waals surface area contributed by atoms with Crippen molar-refractivity contribution in [3.05, 3.63) is 48.2 Å². The quantitative estimate of drug-likeness (QED) is 0.916. The number of rotatable bonds is 5. The molecule has 1 aromatic carbocycles. The van der Waals surface area contributed by atoms with Gasteiger partial charge >= 0.3 is 6.36 Å². The van der Waals surface area contributed by atoms with Gasteiger partial charge in [0.25, 0.3) is 0 Å². The molecule has 0 spiro atoms. The van der Waals surface area contributed by atoms with Crippen LogP contribution in [0.2, 0.25) is 0 Å². The molecular formula is C14H13F3N2O2. The molecule has 1 heterocycles. The number of pyridine rings is 1. The van der Waals surface area contributed by atoms with E-state index in [2.05, 4.69) is 15.0 Å². The third-order valence-corrected chi connectivity index (χ3v) is 2.54. The third-order valence-electron chi connectivity index (χ3n) is 2.54. The monoisotopic (exact) mass is 298 g/mol. The second kappa shape index (κ2) is 6.34. The Bertz CT molecular complexity index is 568. The molecule has 112 valence electrons. The number of halogens is 3. The third kappa shape index (κ3) is 4.87. The summed E-state index contributed by atoms with van der Waals surface area (Å²) in [7, 11) is 1.77. The minimum atomic E-state index is -4.69. The molecule has 7 heteroatoms. The van der Waals surface area contributed by atoms with Crippen LogP contribution in [0, 0.1) is 0 Å². The number of hydrogen-bond donors (Lipinski definition) is 1. The van der Waals surface area contributed by atoms with Crippen molar-refractivity contribution in [3.63, 3.8) is 0 Å². The van der Waals surface area contributed by atoms with Crippen LogP contribution in [0.15, 0.2) is 42.6 Å². The topological polar surface area (TPSA) is 43.4 Å². The zero-order valence-corrected chi connectivity index (χ0v) is 11.1. The largest absolute Gasteiger partial charge is 0.573 e. The molecule has 0 aliphatic heterocycles. The van der Waals surface area contributed by atoms with E-state index in [0.717, 1.165) is 11.4 Å². The highest BCUT2D eigenvalue weighted by Crippen LogP contribution is 2.25. The maximum Gasteiger partial charge on any atom is 0.573 e. The Balaban J connectivity index is 1.91. The van der Waals surface area contributed by atoms with Crippen LogP contribution < -0.4 is 14.8 Å². The van der Waals surface area contributed by atoms with Gasteiger partial charge in [-0.25, -0.2) is 4.98 Å². The van der Waals surface area contributed by atoms with Crippen molar-refractivity contribution in [3.8, 4) is 11.5 Å². The van der Waals surface area contributed by atoms with Crippen molar-refractivity contribution in [2.45, 2.75) is 13.0 Å². The normalized spacial score (nSPS) is 11.0. The van der Waals surface area contributed by atoms with Gasteiger partial charge in [-0.3, -0.25) is 0 Å². The van der Waals surface area contributed by atoms with Gasteiger partial charge in [0.2, 0.25) is 0 Å². The summed E-state index contributed by atoms with van der Waals surface area (Å²) in [6, 6.07) is 8.88. The number of aromatic nitrogens is 1. The van der Waals surface area contributed by atoms with Crippen LogP contribution in [0.5, 0.6) is 11.5 Å². The second-order valence-corrected chi connectivity index (χ2v) is 4.11. The van der Waals surface area contributed by atoms with Crippen molar-refractivity contribution in [2.24, 2.45) is 0 Å². The fourth-order valence-corrected chi connectivity index (χ4v) is 1.56. The molecule has 0 aliphatic rings. The molecule has 0 radical (unpaired) electrons. The minimum absolute atomic E-state index is 0.274. The highest BCUT2D eigenvalue weighted by molar-refractivity contribution is 5.35. The maximum atomic E-state index is 12.0. The van der Waals surface area contributed by atoms with Gasteiger partial charge in [0, 0.05) is 18.8 Å². The van der Waals surface area contributed by atoms with Gasteiger partial charge in [-0.15, -0.1) is 13.2 Å². The first-order valence-electron chi connectivity index (χ1n) is 6.07. The molecular weight excluding hydrogens is 285 g/mol. The zero-order chi connectivity index (χ0) is 15.3. The number of hydrogen-bond acceptors (Lipinski definition) is 4. The maximum absolute atomic E-state index is 12.0. The van der Waals surface area contributed by atoms with Crippen molar-refractivity contribution in [1.82, 2.24) is 4.98 Å². The Hall–Kier alpha value is -2.44. The molecule has 21 heavy (non-hydrogen) atoms. The summed E-state index contributed by atoms with van der Waals surface area (Å²) < 4.78 is 45.2. The molecule has 2 rings (SSSR count). The number of alkyl halides is 3. The molecule has 1 N–H and O–H groups in total. The SMILES string of the molecule is CNc1ccc(COc2ccc(OC(F)(F)F)cc2)cn1. The Kier molecular flexibility index (Phi) is 4.52. The predicted molar refractivity (Wildman–Crippen MR) is 71.2 cm³/mol. The lowest BCUT2D eigenvalue weighted by Gasteiger charge is -2.10. The first kappa shape index (κ1) is 15.0. The Morgan fingerprint density at radius 1 is 1.05 bits per heavy atom. The summed E-state index contributed by atoms with van der Waals surface area (Å²) in [6.45, 7) is 0.274. The molecule has 0 atom stereocenters.